The first-order chi connectivity index (χ1) is 11.1. The molecule has 0 radical (unpaired) electrons. The Bertz CT molecular complexity index is 782. The highest BCUT2D eigenvalue weighted by molar-refractivity contribution is 5.94. The lowest BCUT2D eigenvalue weighted by atomic mass is 10.1. The summed E-state index contributed by atoms with van der Waals surface area (Å²) in [5, 5.41) is 11.3. The van der Waals surface area contributed by atoms with Gasteiger partial charge in [0.25, 0.3) is 5.91 Å². The summed E-state index contributed by atoms with van der Waals surface area (Å²) in [5.41, 5.74) is 6.28. The minimum atomic E-state index is -0.457. The van der Waals surface area contributed by atoms with Gasteiger partial charge in [-0.15, -0.1) is 5.53 Å². The van der Waals surface area contributed by atoms with Gasteiger partial charge in [-0.2, -0.15) is 0 Å². The smallest absolute Gasteiger partial charge is 0.270 e. The van der Waals surface area contributed by atoms with Crippen LogP contribution >= 0.6 is 0 Å². The largest absolute Gasteiger partial charge is 0.507 e. The highest BCUT2D eigenvalue weighted by Gasteiger charge is 2.16. The molecule has 0 aliphatic carbocycles. The van der Waals surface area contributed by atoms with Crippen molar-refractivity contribution in [2.75, 3.05) is 0 Å². The molecule has 1 aliphatic heterocycles. The number of aliphatic hydroxyl groups excluding tert-OH is 1. The predicted octanol–water partition coefficient (Wildman–Crippen LogP) is 2.23. The van der Waals surface area contributed by atoms with E-state index in [4.69, 9.17) is 4.42 Å². The topological polar surface area (TPSA) is 77.7 Å². The van der Waals surface area contributed by atoms with Crippen LogP contribution in [0.3, 0.4) is 0 Å². The average molecular weight is 315 g/mol. The average Bonchev–Trinajstić information content (AvgIpc) is 3.18. The normalized spacial score (nSPS) is 14.1. The standard InChI is InChI=1S/C16H14FN3O3/c17-12-3-1-2-11(8-12)9-15-13(4-7-23-15)14(21)10-16(22)20-6-5-18-19-20/h1-8,10,18-19,21H,9H2. The van der Waals surface area contributed by atoms with Crippen molar-refractivity contribution in [2.24, 2.45) is 0 Å². The molecular weight excluding hydrogens is 301 g/mol. The number of nitrogens with zero attached hydrogens (tertiary/aromatic N) is 1. The van der Waals surface area contributed by atoms with Crippen molar-refractivity contribution in [3.63, 3.8) is 0 Å². The number of aliphatic hydroxyl groups is 1. The quantitative estimate of drug-likeness (QED) is 0.596. The molecule has 2 aromatic rings. The van der Waals surface area contributed by atoms with Crippen LogP contribution in [0.15, 0.2) is 59.5 Å². The number of rotatable bonds is 4. The van der Waals surface area contributed by atoms with E-state index in [1.165, 1.54) is 35.8 Å². The van der Waals surface area contributed by atoms with Gasteiger partial charge in [0, 0.05) is 24.9 Å². The van der Waals surface area contributed by atoms with E-state index in [2.05, 4.69) is 11.0 Å². The summed E-state index contributed by atoms with van der Waals surface area (Å²) >= 11 is 0. The third kappa shape index (κ3) is 3.41. The molecule has 0 bridgehead atoms. The zero-order valence-electron chi connectivity index (χ0n) is 12.0. The van der Waals surface area contributed by atoms with Crippen LogP contribution in [0.1, 0.15) is 16.9 Å². The van der Waals surface area contributed by atoms with E-state index in [0.29, 0.717) is 23.3 Å². The minimum Gasteiger partial charge on any atom is -0.507 e. The van der Waals surface area contributed by atoms with Gasteiger partial charge in [0.15, 0.2) is 0 Å². The van der Waals surface area contributed by atoms with Gasteiger partial charge >= 0.3 is 0 Å². The van der Waals surface area contributed by atoms with Crippen LogP contribution < -0.4 is 11.0 Å². The fourth-order valence-corrected chi connectivity index (χ4v) is 2.19. The van der Waals surface area contributed by atoms with E-state index in [-0.39, 0.29) is 11.6 Å². The Balaban J connectivity index is 1.79. The molecule has 0 unspecified atom stereocenters. The van der Waals surface area contributed by atoms with E-state index in [1.807, 2.05) is 0 Å². The fourth-order valence-electron chi connectivity index (χ4n) is 2.19. The molecule has 118 valence electrons. The fraction of sp³-hybridized carbons (Fsp3) is 0.0625. The van der Waals surface area contributed by atoms with Crippen LogP contribution in [0.5, 0.6) is 0 Å². The van der Waals surface area contributed by atoms with E-state index in [0.717, 1.165) is 6.08 Å². The van der Waals surface area contributed by atoms with E-state index < -0.39 is 5.91 Å². The number of furan rings is 1. The summed E-state index contributed by atoms with van der Waals surface area (Å²) in [6.45, 7) is 0. The maximum Gasteiger partial charge on any atom is 0.270 e. The third-order valence-corrected chi connectivity index (χ3v) is 3.26. The van der Waals surface area contributed by atoms with E-state index in [1.54, 1.807) is 18.2 Å². The number of hydrazine groups is 2. The number of hydrogen-bond donors (Lipinski definition) is 3. The Morgan fingerprint density at radius 1 is 1.39 bits per heavy atom. The van der Waals surface area contributed by atoms with Crippen LogP contribution in [-0.4, -0.2) is 16.0 Å². The molecule has 1 amide bonds. The molecule has 0 saturated heterocycles. The van der Waals surface area contributed by atoms with Crippen molar-refractivity contribution < 1.29 is 18.7 Å². The first-order valence-corrected chi connectivity index (χ1v) is 6.86. The second kappa shape index (κ2) is 6.37. The van der Waals surface area contributed by atoms with Gasteiger partial charge in [-0.3, -0.25) is 4.79 Å². The number of hydrogen-bond acceptors (Lipinski definition) is 5. The summed E-state index contributed by atoms with van der Waals surface area (Å²) in [6.07, 6.45) is 5.80. The highest BCUT2D eigenvalue weighted by Crippen LogP contribution is 2.22. The van der Waals surface area contributed by atoms with Crippen molar-refractivity contribution in [2.45, 2.75) is 6.42 Å². The van der Waals surface area contributed by atoms with Gasteiger partial charge in [-0.25, -0.2) is 9.40 Å². The Kier molecular flexibility index (Phi) is 4.11. The van der Waals surface area contributed by atoms with Crippen molar-refractivity contribution in [3.8, 4) is 0 Å². The molecule has 1 aliphatic rings. The van der Waals surface area contributed by atoms with Gasteiger partial charge in [-0.05, 0) is 23.8 Å². The van der Waals surface area contributed by atoms with Gasteiger partial charge < -0.3 is 14.9 Å². The third-order valence-electron chi connectivity index (χ3n) is 3.26. The lowest BCUT2D eigenvalue weighted by Crippen LogP contribution is -2.39. The van der Waals surface area contributed by atoms with Crippen molar-refractivity contribution in [1.29, 1.82) is 0 Å². The van der Waals surface area contributed by atoms with Crippen molar-refractivity contribution in [1.82, 2.24) is 16.0 Å². The number of halogens is 1. The molecule has 2 heterocycles. The van der Waals surface area contributed by atoms with Gasteiger partial charge in [0.05, 0.1) is 11.8 Å². The van der Waals surface area contributed by atoms with Crippen LogP contribution in [0.25, 0.3) is 5.76 Å². The number of amides is 1. The molecule has 6 nitrogen and oxygen atoms in total. The van der Waals surface area contributed by atoms with E-state index >= 15 is 0 Å². The maximum atomic E-state index is 13.2. The van der Waals surface area contributed by atoms with Crippen LogP contribution in [0.2, 0.25) is 0 Å². The van der Waals surface area contributed by atoms with Crippen molar-refractivity contribution in [3.05, 3.63) is 77.8 Å². The Labute approximate surface area is 131 Å². The second-order valence-corrected chi connectivity index (χ2v) is 4.87. The predicted molar refractivity (Wildman–Crippen MR) is 80.8 cm³/mol. The summed E-state index contributed by atoms with van der Waals surface area (Å²) in [7, 11) is 0. The molecule has 23 heavy (non-hydrogen) atoms. The van der Waals surface area contributed by atoms with Crippen LogP contribution in [0, 0.1) is 5.82 Å². The molecule has 3 rings (SSSR count). The molecule has 0 spiro atoms. The monoisotopic (exact) mass is 315 g/mol. The number of nitrogens with one attached hydrogen (secondary N) is 2. The first kappa shape index (κ1) is 14.9. The molecular formula is C16H14FN3O3. The second-order valence-electron chi connectivity index (χ2n) is 4.87. The molecule has 7 heteroatoms. The zero-order valence-corrected chi connectivity index (χ0v) is 12.0. The molecule has 1 aromatic heterocycles. The number of carbonyl (C=O) groups excluding carboxylic acids is 1. The number of benzene rings is 1. The summed E-state index contributed by atoms with van der Waals surface area (Å²) in [5.74, 6) is -0.580. The minimum absolute atomic E-state index is 0.225. The summed E-state index contributed by atoms with van der Waals surface area (Å²) in [6, 6.07) is 7.66. The summed E-state index contributed by atoms with van der Waals surface area (Å²) in [4.78, 5) is 11.9. The first-order valence-electron chi connectivity index (χ1n) is 6.86. The lowest BCUT2D eigenvalue weighted by molar-refractivity contribution is -0.125. The molecule has 3 N–H and O–H groups in total. The van der Waals surface area contributed by atoms with Gasteiger partial charge in [-0.1, -0.05) is 12.1 Å². The van der Waals surface area contributed by atoms with E-state index in [9.17, 15) is 14.3 Å². The Hall–Kier alpha value is -3.06. The Morgan fingerprint density at radius 3 is 3.00 bits per heavy atom. The highest BCUT2D eigenvalue weighted by atomic mass is 19.1. The maximum absolute atomic E-state index is 13.2. The van der Waals surface area contributed by atoms with Gasteiger partial charge in [0.2, 0.25) is 0 Å². The Morgan fingerprint density at radius 2 is 2.26 bits per heavy atom. The van der Waals surface area contributed by atoms with Crippen LogP contribution in [0.4, 0.5) is 4.39 Å². The molecule has 0 fully saturated rings. The van der Waals surface area contributed by atoms with Crippen molar-refractivity contribution >= 4 is 11.7 Å². The molecule has 1 aromatic carbocycles. The number of carbonyl (C=O) groups is 1. The zero-order chi connectivity index (χ0) is 16.2. The molecule has 0 atom stereocenters. The SMILES string of the molecule is O=C(C=C(O)c1ccoc1Cc1cccc(F)c1)N1C=CNN1. The van der Waals surface area contributed by atoms with Crippen LogP contribution in [-0.2, 0) is 11.2 Å². The van der Waals surface area contributed by atoms with Gasteiger partial charge in [0.1, 0.15) is 17.3 Å². The summed E-state index contributed by atoms with van der Waals surface area (Å²) < 4.78 is 18.6. The molecule has 0 saturated carbocycles. The lowest BCUT2D eigenvalue weighted by Gasteiger charge is -2.10.